The summed E-state index contributed by atoms with van der Waals surface area (Å²) < 4.78 is 111. The number of alkyl halides is 3. The van der Waals surface area contributed by atoms with Crippen LogP contribution in [0.25, 0.3) is 32.6 Å². The van der Waals surface area contributed by atoms with Crippen molar-refractivity contribution in [1.82, 2.24) is 19.7 Å². The van der Waals surface area contributed by atoms with Gasteiger partial charge < -0.3 is 18.6 Å². The van der Waals surface area contributed by atoms with Gasteiger partial charge in [-0.25, -0.2) is 13.8 Å². The van der Waals surface area contributed by atoms with Crippen molar-refractivity contribution >= 4 is 37.4 Å². The van der Waals surface area contributed by atoms with E-state index in [-0.39, 0.29) is 70.1 Å². The topological polar surface area (TPSA) is 113 Å². The molecule has 17 heteroatoms. The Labute approximate surface area is 257 Å². The van der Waals surface area contributed by atoms with Gasteiger partial charge in [0.15, 0.2) is 0 Å². The third kappa shape index (κ3) is 5.86. The number of thiophene rings is 1. The molecular weight excluding hydrogens is 647 g/mol. The summed E-state index contributed by atoms with van der Waals surface area (Å²) in [5.41, 5.74) is -5.93. The van der Waals surface area contributed by atoms with Gasteiger partial charge in [-0.05, 0) is 37.4 Å². The Morgan fingerprint density at radius 3 is 2.58 bits per heavy atom. The maximum absolute atomic E-state index is 15.8. The largest absolute Gasteiger partial charge is 0.534 e. The van der Waals surface area contributed by atoms with Crippen molar-refractivity contribution in [3.8, 4) is 34.1 Å². The average molecular weight is 673 g/mol. The lowest BCUT2D eigenvalue weighted by Crippen LogP contribution is -2.42. The highest BCUT2D eigenvalue weighted by Gasteiger charge is 2.49. The molecule has 0 saturated heterocycles. The number of fused-ring (bicyclic) bond motifs is 2. The highest BCUT2D eigenvalue weighted by Crippen LogP contribution is 2.48. The molecule has 0 radical (unpaired) electrons. The molecule has 10 nitrogen and oxygen atoms in total. The third-order valence-electron chi connectivity index (χ3n) is 7.10. The summed E-state index contributed by atoms with van der Waals surface area (Å²) in [4.78, 5) is 18.3. The van der Waals surface area contributed by atoms with Gasteiger partial charge in [0.2, 0.25) is 11.8 Å². The lowest BCUT2D eigenvalue weighted by Gasteiger charge is -2.36. The van der Waals surface area contributed by atoms with Gasteiger partial charge in [-0.1, -0.05) is 6.58 Å². The minimum atomic E-state index is -6.17. The average Bonchev–Trinajstić information content (AvgIpc) is 3.63. The molecule has 2 atom stereocenters. The van der Waals surface area contributed by atoms with E-state index in [1.807, 2.05) is 0 Å². The number of halogens is 5. The minimum Gasteiger partial charge on any atom is -0.490 e. The minimum absolute atomic E-state index is 0.0114. The summed E-state index contributed by atoms with van der Waals surface area (Å²) in [6, 6.07) is 3.36. The Morgan fingerprint density at radius 2 is 1.91 bits per heavy atom. The Balaban J connectivity index is 1.82. The molecule has 5 rings (SSSR count). The van der Waals surface area contributed by atoms with Crippen molar-refractivity contribution in [3.05, 3.63) is 59.6 Å². The van der Waals surface area contributed by atoms with Crippen molar-refractivity contribution in [2.45, 2.75) is 31.4 Å². The zero-order valence-corrected chi connectivity index (χ0v) is 25.5. The molecule has 240 valence electrons. The lowest BCUT2D eigenvalue weighted by molar-refractivity contribution is -0.129. The molecule has 4 aromatic rings. The maximum Gasteiger partial charge on any atom is 0.534 e. The summed E-state index contributed by atoms with van der Waals surface area (Å²) in [7, 11) is -4.78. The number of ether oxygens (including phenoxy) is 2. The first kappa shape index (κ1) is 32.3. The van der Waals surface area contributed by atoms with E-state index in [1.54, 1.807) is 23.4 Å². The molecule has 0 saturated carbocycles. The molecular formula is C28H25F5N4O6S2. The fourth-order valence-electron chi connectivity index (χ4n) is 5.04. The van der Waals surface area contributed by atoms with Crippen molar-refractivity contribution < 1.29 is 48.8 Å². The van der Waals surface area contributed by atoms with Crippen molar-refractivity contribution in [2.24, 2.45) is 0 Å². The standard InChI is InChI=1S/C28H25F5N4O6S2/c1-5-22(38)36-13-14(2)37-20(15(36)3)12-19(35-37)25-24(23-18(30)10-16(29)11-21(23)42-8-7-41-4)26-17(6-9-44-26)27(34-25)43-45(39,40)28(31,32)33/h5-6,9-12,14-15H,1,7-8,13H2,2-4H3/t14-,15+/m0/s1. The Bertz CT molecular complexity index is 1910. The molecule has 45 heavy (non-hydrogen) atoms. The second-order valence-corrected chi connectivity index (χ2v) is 12.5. The number of aromatic nitrogens is 3. The van der Waals surface area contributed by atoms with E-state index in [1.165, 1.54) is 24.6 Å². The number of nitrogens with zero attached hydrogens (tertiary/aromatic N) is 4. The predicted molar refractivity (Wildman–Crippen MR) is 154 cm³/mol. The van der Waals surface area contributed by atoms with Crippen LogP contribution >= 0.6 is 11.3 Å². The van der Waals surface area contributed by atoms with Crippen LogP contribution in [0.5, 0.6) is 11.6 Å². The van der Waals surface area contributed by atoms with Gasteiger partial charge >= 0.3 is 15.6 Å². The van der Waals surface area contributed by atoms with Crippen LogP contribution in [0.15, 0.2) is 42.3 Å². The second-order valence-electron chi connectivity index (χ2n) is 10.0. The van der Waals surface area contributed by atoms with E-state index in [2.05, 4.69) is 20.8 Å². The van der Waals surface area contributed by atoms with Crippen molar-refractivity contribution in [2.75, 3.05) is 26.9 Å². The van der Waals surface area contributed by atoms with E-state index in [4.69, 9.17) is 9.47 Å². The molecule has 0 fully saturated rings. The molecule has 0 spiro atoms. The van der Waals surface area contributed by atoms with Gasteiger partial charge in [-0.15, -0.1) is 11.3 Å². The number of carbonyl (C=O) groups is 1. The monoisotopic (exact) mass is 672 g/mol. The van der Waals surface area contributed by atoms with Crippen LogP contribution in [0.4, 0.5) is 22.0 Å². The molecule has 3 aromatic heterocycles. The van der Waals surface area contributed by atoms with Crippen molar-refractivity contribution in [3.63, 3.8) is 0 Å². The van der Waals surface area contributed by atoms with Gasteiger partial charge in [0, 0.05) is 31.4 Å². The summed E-state index contributed by atoms with van der Waals surface area (Å²) in [5.74, 6) is -3.61. The summed E-state index contributed by atoms with van der Waals surface area (Å²) >= 11 is 0.923. The van der Waals surface area contributed by atoms with Gasteiger partial charge in [-0.3, -0.25) is 9.48 Å². The quantitative estimate of drug-likeness (QED) is 0.0699. The SMILES string of the molecule is C=CC(=O)N1C[C@H](C)n2nc(-c3nc(OS(=O)(=O)C(F)(F)F)c4ccsc4c3-c3c(F)cc(F)cc3OCCOC)cc2[C@H]1C. The van der Waals surface area contributed by atoms with Crippen molar-refractivity contribution in [1.29, 1.82) is 0 Å². The zero-order valence-electron chi connectivity index (χ0n) is 23.9. The van der Waals surface area contributed by atoms with Crippen LogP contribution < -0.4 is 8.92 Å². The first-order valence-electron chi connectivity index (χ1n) is 13.2. The zero-order chi connectivity index (χ0) is 32.8. The van der Waals surface area contributed by atoms with Gasteiger partial charge in [0.05, 0.1) is 40.0 Å². The third-order valence-corrected chi connectivity index (χ3v) is 8.97. The van der Waals surface area contributed by atoms with E-state index in [9.17, 15) is 30.8 Å². The number of hydrogen-bond acceptors (Lipinski definition) is 9. The van der Waals surface area contributed by atoms with E-state index in [0.717, 1.165) is 23.5 Å². The van der Waals surface area contributed by atoms with E-state index in [0.29, 0.717) is 11.8 Å². The Morgan fingerprint density at radius 1 is 1.18 bits per heavy atom. The van der Waals surface area contributed by atoms with Gasteiger partial charge in [0.25, 0.3) is 0 Å². The Hall–Kier alpha value is -4.09. The first-order valence-corrected chi connectivity index (χ1v) is 15.5. The number of rotatable bonds is 9. The molecule has 0 aliphatic carbocycles. The number of methoxy groups -OCH3 is 1. The molecule has 0 bridgehead atoms. The fourth-order valence-corrected chi connectivity index (χ4v) is 6.41. The van der Waals surface area contributed by atoms with Crippen LogP contribution in [-0.4, -0.2) is 66.4 Å². The smallest absolute Gasteiger partial charge is 0.490 e. The molecule has 1 aliphatic rings. The highest BCUT2D eigenvalue weighted by atomic mass is 32.2. The summed E-state index contributed by atoms with van der Waals surface area (Å²) in [6.07, 6.45) is 1.16. The summed E-state index contributed by atoms with van der Waals surface area (Å²) in [6.45, 7) is 7.22. The molecule has 0 N–H and O–H groups in total. The maximum atomic E-state index is 15.8. The molecule has 1 aliphatic heterocycles. The van der Waals surface area contributed by atoms with Gasteiger partial charge in [0.1, 0.15) is 35.4 Å². The van der Waals surface area contributed by atoms with Crippen LogP contribution in [0.2, 0.25) is 0 Å². The number of amides is 1. The first-order chi connectivity index (χ1) is 21.2. The van der Waals surface area contributed by atoms with Gasteiger partial charge in [-0.2, -0.15) is 26.7 Å². The second kappa shape index (κ2) is 12.0. The van der Waals surface area contributed by atoms with Crippen LogP contribution in [0, 0.1) is 11.6 Å². The van der Waals surface area contributed by atoms with E-state index < -0.39 is 39.2 Å². The number of pyridine rings is 1. The number of carbonyl (C=O) groups excluding carboxylic acids is 1. The highest BCUT2D eigenvalue weighted by molar-refractivity contribution is 7.88. The Kier molecular flexibility index (Phi) is 8.63. The molecule has 0 unspecified atom stereocenters. The molecule has 1 aromatic carbocycles. The van der Waals surface area contributed by atoms with Crippen LogP contribution in [0.3, 0.4) is 0 Å². The molecule has 1 amide bonds. The normalized spacial score (nSPS) is 16.9. The lowest BCUT2D eigenvalue weighted by atomic mass is 9.98. The molecule has 4 heterocycles. The fraction of sp³-hybridized carbons (Fsp3) is 0.321. The van der Waals surface area contributed by atoms with Crippen LogP contribution in [0.1, 0.15) is 31.6 Å². The predicted octanol–water partition coefficient (Wildman–Crippen LogP) is 6.01. The number of hydrogen-bond donors (Lipinski definition) is 0. The van der Waals surface area contributed by atoms with E-state index >= 15 is 4.39 Å². The summed E-state index contributed by atoms with van der Waals surface area (Å²) in [5, 5.41) is 5.83. The number of benzene rings is 1. The van der Waals surface area contributed by atoms with Crippen LogP contribution in [-0.2, 0) is 19.6 Å².